The molecule has 2 aliphatic heterocycles. The first-order valence-corrected chi connectivity index (χ1v) is 7.03. The number of hydrogen-bond donors (Lipinski definition) is 0. The fourth-order valence-electron chi connectivity index (χ4n) is 2.95. The quantitative estimate of drug-likeness (QED) is 0.729. The Kier molecular flexibility index (Phi) is 2.40. The van der Waals surface area contributed by atoms with Gasteiger partial charge in [-0.15, -0.1) is 0 Å². The molecule has 20 heavy (non-hydrogen) atoms. The molecule has 0 saturated carbocycles. The summed E-state index contributed by atoms with van der Waals surface area (Å²) in [6.45, 7) is 4.20. The Bertz CT molecular complexity index is 765. The highest BCUT2D eigenvalue weighted by Gasteiger charge is 2.20. The van der Waals surface area contributed by atoms with Crippen LogP contribution in [0.2, 0.25) is 0 Å². The zero-order valence-corrected chi connectivity index (χ0v) is 11.8. The van der Waals surface area contributed by atoms with Gasteiger partial charge in [0.25, 0.3) is 0 Å². The second-order valence-corrected chi connectivity index (χ2v) is 5.73. The zero-order valence-electron chi connectivity index (χ0n) is 11.8. The summed E-state index contributed by atoms with van der Waals surface area (Å²) >= 11 is 0. The van der Waals surface area contributed by atoms with Crippen LogP contribution in [0.4, 0.5) is 11.4 Å². The van der Waals surface area contributed by atoms with Crippen LogP contribution in [-0.2, 0) is 12.8 Å². The lowest BCUT2D eigenvalue weighted by atomic mass is 10.0. The molecular formula is C18H16N2. The molecule has 0 bridgehead atoms. The van der Waals surface area contributed by atoms with Crippen LogP contribution in [0.15, 0.2) is 46.4 Å². The van der Waals surface area contributed by atoms with E-state index in [4.69, 9.17) is 4.99 Å². The first kappa shape index (κ1) is 11.6. The highest BCUT2D eigenvalue weighted by molar-refractivity contribution is 6.07. The largest absolute Gasteiger partial charge is 0.257 e. The maximum absolute atomic E-state index is 4.82. The van der Waals surface area contributed by atoms with E-state index in [9.17, 15) is 0 Å². The van der Waals surface area contributed by atoms with Crippen molar-refractivity contribution >= 4 is 22.8 Å². The summed E-state index contributed by atoms with van der Waals surface area (Å²) in [5, 5.41) is 0. The van der Waals surface area contributed by atoms with Gasteiger partial charge in [0.1, 0.15) is 0 Å². The van der Waals surface area contributed by atoms with E-state index >= 15 is 0 Å². The predicted molar refractivity (Wildman–Crippen MR) is 84.0 cm³/mol. The molecule has 0 radical (unpaired) electrons. The number of hydrogen-bond acceptors (Lipinski definition) is 2. The molecule has 2 nitrogen and oxygen atoms in total. The van der Waals surface area contributed by atoms with Crippen LogP contribution >= 0.6 is 0 Å². The molecule has 0 aromatic heterocycles. The van der Waals surface area contributed by atoms with Gasteiger partial charge in [0.2, 0.25) is 0 Å². The molecule has 2 aromatic rings. The molecule has 2 aromatic carbocycles. The molecule has 2 aliphatic rings. The third kappa shape index (κ3) is 1.80. The first-order valence-electron chi connectivity index (χ1n) is 7.03. The molecule has 0 aliphatic carbocycles. The first-order chi connectivity index (χ1) is 9.69. The van der Waals surface area contributed by atoms with Crippen molar-refractivity contribution in [2.24, 2.45) is 9.98 Å². The second kappa shape index (κ2) is 4.14. The third-order valence-electron chi connectivity index (χ3n) is 4.04. The lowest BCUT2D eigenvalue weighted by molar-refractivity contribution is 1.33. The molecular weight excluding hydrogens is 244 g/mol. The van der Waals surface area contributed by atoms with Crippen molar-refractivity contribution in [3.63, 3.8) is 0 Å². The molecule has 0 unspecified atom stereocenters. The second-order valence-electron chi connectivity index (χ2n) is 5.73. The zero-order chi connectivity index (χ0) is 13.7. The Labute approximate surface area is 118 Å². The standard InChI is InChI=1S/C18H16N2/c1-11-3-5-13(6-4-11)16-9-15-10-17-14(7-12(2)19-17)8-18(15)20-16/h3-6,8,10H,7,9H2,1-2H3. The Morgan fingerprint density at radius 1 is 0.800 bits per heavy atom. The molecule has 0 fully saturated rings. The Morgan fingerprint density at radius 3 is 2.20 bits per heavy atom. The van der Waals surface area contributed by atoms with Gasteiger partial charge in [-0.1, -0.05) is 29.8 Å². The molecule has 98 valence electrons. The summed E-state index contributed by atoms with van der Waals surface area (Å²) in [5.41, 5.74) is 9.77. The van der Waals surface area contributed by atoms with Crippen molar-refractivity contribution in [3.8, 4) is 0 Å². The summed E-state index contributed by atoms with van der Waals surface area (Å²) < 4.78 is 0. The number of benzene rings is 2. The van der Waals surface area contributed by atoms with E-state index in [0.717, 1.165) is 24.2 Å². The summed E-state index contributed by atoms with van der Waals surface area (Å²) in [6.07, 6.45) is 1.89. The molecule has 0 spiro atoms. The van der Waals surface area contributed by atoms with E-state index in [1.807, 2.05) is 0 Å². The average Bonchev–Trinajstić information content (AvgIpc) is 2.97. The van der Waals surface area contributed by atoms with Crippen LogP contribution in [0.25, 0.3) is 0 Å². The lowest BCUT2D eigenvalue weighted by Gasteiger charge is -2.01. The minimum absolute atomic E-state index is 0.917. The number of aryl methyl sites for hydroxylation is 1. The highest BCUT2D eigenvalue weighted by atomic mass is 14.8. The lowest BCUT2D eigenvalue weighted by Crippen LogP contribution is -1.99. The molecule has 2 heterocycles. The maximum Gasteiger partial charge on any atom is 0.0673 e. The van der Waals surface area contributed by atoms with Gasteiger partial charge in [-0.3, -0.25) is 9.98 Å². The van der Waals surface area contributed by atoms with Crippen molar-refractivity contribution in [2.45, 2.75) is 26.7 Å². The molecule has 0 N–H and O–H groups in total. The van der Waals surface area contributed by atoms with Crippen molar-refractivity contribution in [2.75, 3.05) is 0 Å². The van der Waals surface area contributed by atoms with E-state index in [2.05, 4.69) is 55.2 Å². The van der Waals surface area contributed by atoms with Crippen LogP contribution in [0.5, 0.6) is 0 Å². The minimum atomic E-state index is 0.917. The number of fused-ring (bicyclic) bond motifs is 2. The van der Waals surface area contributed by atoms with E-state index < -0.39 is 0 Å². The highest BCUT2D eigenvalue weighted by Crippen LogP contribution is 2.37. The van der Waals surface area contributed by atoms with Gasteiger partial charge >= 0.3 is 0 Å². The van der Waals surface area contributed by atoms with Gasteiger partial charge in [0, 0.05) is 18.6 Å². The Hall–Kier alpha value is -2.22. The van der Waals surface area contributed by atoms with Gasteiger partial charge in [-0.25, -0.2) is 0 Å². The summed E-state index contributed by atoms with van der Waals surface area (Å²) in [5.74, 6) is 0. The normalized spacial score (nSPS) is 15.7. The van der Waals surface area contributed by atoms with Gasteiger partial charge in [-0.05, 0) is 42.7 Å². The smallest absolute Gasteiger partial charge is 0.0673 e. The van der Waals surface area contributed by atoms with Crippen molar-refractivity contribution < 1.29 is 0 Å². The SMILES string of the molecule is CC1=Nc2cc3c(cc2C1)N=C(c1ccc(C)cc1)C3. The van der Waals surface area contributed by atoms with Crippen LogP contribution in [-0.4, -0.2) is 11.4 Å². The summed E-state index contributed by atoms with van der Waals surface area (Å²) in [7, 11) is 0. The molecule has 2 heteroatoms. The molecule has 0 atom stereocenters. The van der Waals surface area contributed by atoms with Crippen LogP contribution in [0, 0.1) is 6.92 Å². The van der Waals surface area contributed by atoms with Crippen LogP contribution < -0.4 is 0 Å². The van der Waals surface area contributed by atoms with E-state index in [1.165, 1.54) is 33.7 Å². The molecule has 0 saturated heterocycles. The van der Waals surface area contributed by atoms with Gasteiger partial charge in [0.05, 0.1) is 17.1 Å². The van der Waals surface area contributed by atoms with Crippen LogP contribution in [0.1, 0.15) is 29.2 Å². The fourth-order valence-corrected chi connectivity index (χ4v) is 2.95. The van der Waals surface area contributed by atoms with E-state index in [-0.39, 0.29) is 0 Å². The van der Waals surface area contributed by atoms with Crippen molar-refractivity contribution in [3.05, 3.63) is 58.7 Å². The average molecular weight is 260 g/mol. The number of aliphatic imine (C=N–C) groups is 2. The van der Waals surface area contributed by atoms with Crippen molar-refractivity contribution in [1.29, 1.82) is 0 Å². The van der Waals surface area contributed by atoms with Gasteiger partial charge < -0.3 is 0 Å². The monoisotopic (exact) mass is 260 g/mol. The summed E-state index contributed by atoms with van der Waals surface area (Å²) in [6, 6.07) is 13.0. The Morgan fingerprint density at radius 2 is 1.45 bits per heavy atom. The topological polar surface area (TPSA) is 24.7 Å². The van der Waals surface area contributed by atoms with Gasteiger partial charge in [0.15, 0.2) is 0 Å². The molecule has 4 rings (SSSR count). The van der Waals surface area contributed by atoms with Crippen molar-refractivity contribution in [1.82, 2.24) is 0 Å². The van der Waals surface area contributed by atoms with E-state index in [1.54, 1.807) is 0 Å². The Balaban J connectivity index is 1.72. The van der Waals surface area contributed by atoms with Crippen LogP contribution in [0.3, 0.4) is 0 Å². The third-order valence-corrected chi connectivity index (χ3v) is 4.04. The predicted octanol–water partition coefficient (Wildman–Crippen LogP) is 4.32. The van der Waals surface area contributed by atoms with Gasteiger partial charge in [-0.2, -0.15) is 0 Å². The minimum Gasteiger partial charge on any atom is -0.257 e. The molecule has 0 amide bonds. The maximum atomic E-state index is 4.82. The fraction of sp³-hybridized carbons (Fsp3) is 0.222. The summed E-state index contributed by atoms with van der Waals surface area (Å²) in [4.78, 5) is 9.42. The number of rotatable bonds is 1. The van der Waals surface area contributed by atoms with E-state index in [0.29, 0.717) is 0 Å². The number of nitrogens with zero attached hydrogens (tertiary/aromatic N) is 2.